The van der Waals surface area contributed by atoms with Gasteiger partial charge in [-0.3, -0.25) is 10.1 Å². The average Bonchev–Trinajstić information content (AvgIpc) is 2.28. The van der Waals surface area contributed by atoms with Gasteiger partial charge in [0.15, 0.2) is 0 Å². The monoisotopic (exact) mass is 242 g/mol. The van der Waals surface area contributed by atoms with E-state index in [1.165, 1.54) is 17.0 Å². The van der Waals surface area contributed by atoms with E-state index < -0.39 is 4.92 Å². The summed E-state index contributed by atoms with van der Waals surface area (Å²) in [5.74, 6) is 0.199. The lowest BCUT2D eigenvalue weighted by molar-refractivity contribution is -0.384. The number of anilines is 2. The Hall–Kier alpha value is -1.93. The molecule has 4 N–H and O–H groups in total. The van der Waals surface area contributed by atoms with Crippen molar-refractivity contribution in [3.8, 4) is 0 Å². The summed E-state index contributed by atoms with van der Waals surface area (Å²) in [5, 5.41) is 28.6. The molecule has 0 atom stereocenters. The van der Waals surface area contributed by atoms with Crippen molar-refractivity contribution >= 4 is 17.3 Å². The molecule has 94 valence electrons. The third kappa shape index (κ3) is 3.26. The van der Waals surface area contributed by atoms with Crippen LogP contribution in [0.15, 0.2) is 12.1 Å². The number of nitrogens with zero attached hydrogens (tertiary/aromatic N) is 3. The number of hydrogen-bond acceptors (Lipinski definition) is 7. The second-order valence-corrected chi connectivity index (χ2v) is 3.27. The van der Waals surface area contributed by atoms with E-state index in [0.717, 1.165) is 0 Å². The van der Waals surface area contributed by atoms with Crippen molar-refractivity contribution in [2.45, 2.75) is 0 Å². The van der Waals surface area contributed by atoms with Crippen molar-refractivity contribution in [1.82, 2.24) is 4.98 Å². The molecule has 0 aliphatic heterocycles. The maximum Gasteiger partial charge on any atom is 0.311 e. The highest BCUT2D eigenvalue weighted by molar-refractivity contribution is 5.61. The van der Waals surface area contributed by atoms with Crippen LogP contribution in [0.4, 0.5) is 17.3 Å². The molecule has 1 aromatic heterocycles. The summed E-state index contributed by atoms with van der Waals surface area (Å²) < 4.78 is 0. The van der Waals surface area contributed by atoms with Crippen molar-refractivity contribution in [2.24, 2.45) is 0 Å². The highest BCUT2D eigenvalue weighted by Gasteiger charge is 2.20. The molecule has 8 heteroatoms. The Morgan fingerprint density at radius 3 is 2.41 bits per heavy atom. The third-order valence-corrected chi connectivity index (χ3v) is 2.11. The molecule has 0 unspecified atom stereocenters. The second kappa shape index (κ2) is 5.97. The summed E-state index contributed by atoms with van der Waals surface area (Å²) in [5.41, 5.74) is 5.27. The molecule has 0 aliphatic rings. The van der Waals surface area contributed by atoms with Crippen LogP contribution >= 0.6 is 0 Å². The lowest BCUT2D eigenvalue weighted by Gasteiger charge is -2.21. The van der Waals surface area contributed by atoms with Gasteiger partial charge in [-0.25, -0.2) is 4.98 Å². The van der Waals surface area contributed by atoms with E-state index in [1.54, 1.807) is 0 Å². The molecular weight excluding hydrogens is 228 g/mol. The number of rotatable bonds is 6. The van der Waals surface area contributed by atoms with Gasteiger partial charge in [-0.2, -0.15) is 0 Å². The molecule has 0 aliphatic carbocycles. The van der Waals surface area contributed by atoms with Gasteiger partial charge in [-0.1, -0.05) is 0 Å². The topological polar surface area (TPSA) is 126 Å². The molecule has 0 spiro atoms. The first-order valence-electron chi connectivity index (χ1n) is 4.97. The summed E-state index contributed by atoms with van der Waals surface area (Å²) in [4.78, 5) is 15.5. The lowest BCUT2D eigenvalue weighted by atomic mass is 10.3. The Morgan fingerprint density at radius 2 is 1.94 bits per heavy atom. The highest BCUT2D eigenvalue weighted by Crippen LogP contribution is 2.26. The van der Waals surface area contributed by atoms with Crippen LogP contribution in [-0.2, 0) is 0 Å². The number of nitrogens with two attached hydrogens (primary N) is 1. The molecule has 0 bridgehead atoms. The van der Waals surface area contributed by atoms with Crippen LogP contribution in [0.5, 0.6) is 0 Å². The molecule has 8 nitrogen and oxygen atoms in total. The van der Waals surface area contributed by atoms with E-state index in [4.69, 9.17) is 15.9 Å². The Balaban J connectivity index is 3.14. The summed E-state index contributed by atoms with van der Waals surface area (Å²) >= 11 is 0. The largest absolute Gasteiger partial charge is 0.395 e. The van der Waals surface area contributed by atoms with Crippen molar-refractivity contribution < 1.29 is 15.1 Å². The van der Waals surface area contributed by atoms with E-state index >= 15 is 0 Å². The third-order valence-electron chi connectivity index (χ3n) is 2.11. The summed E-state index contributed by atoms with van der Waals surface area (Å²) in [6, 6.07) is 2.58. The van der Waals surface area contributed by atoms with Crippen molar-refractivity contribution in [3.05, 3.63) is 22.2 Å². The number of aliphatic hydroxyl groups is 2. The Labute approximate surface area is 97.5 Å². The van der Waals surface area contributed by atoms with Gasteiger partial charge in [0.05, 0.1) is 18.1 Å². The summed E-state index contributed by atoms with van der Waals surface area (Å²) in [6.45, 7) is -0.128. The van der Waals surface area contributed by atoms with Crippen molar-refractivity contribution in [1.29, 1.82) is 0 Å². The fourth-order valence-electron chi connectivity index (χ4n) is 1.40. The van der Waals surface area contributed by atoms with E-state index in [1.807, 2.05) is 0 Å². The van der Waals surface area contributed by atoms with E-state index in [9.17, 15) is 10.1 Å². The van der Waals surface area contributed by atoms with Crippen LogP contribution in [-0.4, -0.2) is 46.4 Å². The van der Waals surface area contributed by atoms with E-state index in [-0.39, 0.29) is 43.6 Å². The highest BCUT2D eigenvalue weighted by atomic mass is 16.6. The second-order valence-electron chi connectivity index (χ2n) is 3.27. The predicted molar refractivity (Wildman–Crippen MR) is 61.7 cm³/mol. The van der Waals surface area contributed by atoms with E-state index in [0.29, 0.717) is 0 Å². The summed E-state index contributed by atoms with van der Waals surface area (Å²) in [6.07, 6.45) is 0. The first-order chi connectivity index (χ1) is 8.10. The van der Waals surface area contributed by atoms with Crippen molar-refractivity contribution in [2.75, 3.05) is 36.9 Å². The average molecular weight is 242 g/mol. The zero-order valence-corrected chi connectivity index (χ0v) is 9.11. The van der Waals surface area contributed by atoms with Crippen LogP contribution in [0.2, 0.25) is 0 Å². The van der Waals surface area contributed by atoms with Crippen LogP contribution in [0.1, 0.15) is 0 Å². The fourth-order valence-corrected chi connectivity index (χ4v) is 1.40. The molecule has 0 fully saturated rings. The van der Waals surface area contributed by atoms with Crippen LogP contribution in [0, 0.1) is 10.1 Å². The van der Waals surface area contributed by atoms with Gasteiger partial charge in [0.2, 0.25) is 5.82 Å². The van der Waals surface area contributed by atoms with Gasteiger partial charge in [-0.15, -0.1) is 0 Å². The molecule has 0 saturated heterocycles. The quantitative estimate of drug-likeness (QED) is 0.447. The van der Waals surface area contributed by atoms with Gasteiger partial charge in [-0.05, 0) is 6.07 Å². The van der Waals surface area contributed by atoms with Gasteiger partial charge in [0, 0.05) is 19.2 Å². The number of nitrogen functional groups attached to an aromatic ring is 1. The number of hydrogen-bond donors (Lipinski definition) is 3. The molecule has 0 radical (unpaired) electrons. The normalized spacial score (nSPS) is 10.2. The number of pyridine rings is 1. The standard InChI is InChI=1S/C9H14N4O4/c10-8-2-1-7(13(16)17)9(11-8)12(3-5-14)4-6-15/h1-2,14-15H,3-6H2,(H2,10,11). The zero-order valence-electron chi connectivity index (χ0n) is 9.11. The molecule has 0 saturated carbocycles. The number of aromatic nitrogens is 1. The molecule has 1 heterocycles. The molecule has 0 aromatic carbocycles. The molecule has 1 aromatic rings. The lowest BCUT2D eigenvalue weighted by Crippen LogP contribution is -2.31. The first kappa shape index (κ1) is 13.1. The Morgan fingerprint density at radius 1 is 1.35 bits per heavy atom. The van der Waals surface area contributed by atoms with Crippen molar-refractivity contribution in [3.63, 3.8) is 0 Å². The minimum Gasteiger partial charge on any atom is -0.395 e. The van der Waals surface area contributed by atoms with Crippen LogP contribution < -0.4 is 10.6 Å². The van der Waals surface area contributed by atoms with Crippen LogP contribution in [0.3, 0.4) is 0 Å². The number of aliphatic hydroxyl groups excluding tert-OH is 2. The minimum atomic E-state index is -0.580. The summed E-state index contributed by atoms with van der Waals surface area (Å²) in [7, 11) is 0. The molecule has 1 rings (SSSR count). The minimum absolute atomic E-state index is 0.0538. The SMILES string of the molecule is Nc1ccc([N+](=O)[O-])c(N(CCO)CCO)n1. The zero-order chi connectivity index (χ0) is 12.8. The van der Waals surface area contributed by atoms with Gasteiger partial charge in [0.1, 0.15) is 5.82 Å². The fraction of sp³-hybridized carbons (Fsp3) is 0.444. The Kier molecular flexibility index (Phi) is 4.61. The Bertz CT molecular complexity index is 393. The van der Waals surface area contributed by atoms with Gasteiger partial charge >= 0.3 is 5.69 Å². The smallest absolute Gasteiger partial charge is 0.311 e. The molecule has 17 heavy (non-hydrogen) atoms. The maximum atomic E-state index is 10.8. The van der Waals surface area contributed by atoms with Gasteiger partial charge in [0.25, 0.3) is 0 Å². The number of nitro groups is 1. The van der Waals surface area contributed by atoms with Gasteiger partial charge < -0.3 is 20.8 Å². The first-order valence-corrected chi connectivity index (χ1v) is 4.97. The van der Waals surface area contributed by atoms with E-state index in [2.05, 4.69) is 4.98 Å². The van der Waals surface area contributed by atoms with Crippen LogP contribution in [0.25, 0.3) is 0 Å². The maximum absolute atomic E-state index is 10.8. The molecule has 0 amide bonds. The predicted octanol–water partition coefficient (Wildman–Crippen LogP) is -0.637. The molecular formula is C9H14N4O4.